The Hall–Kier alpha value is -3.96. The van der Waals surface area contributed by atoms with Crippen LogP contribution < -0.4 is 4.90 Å². The lowest BCUT2D eigenvalue weighted by atomic mass is 10.1. The normalized spacial score (nSPS) is 16.9. The smallest absolute Gasteiger partial charge is 0.411 e. The fraction of sp³-hybridized carbons (Fsp3) is 0.538. The molecule has 3 amide bonds. The van der Waals surface area contributed by atoms with E-state index in [1.165, 1.54) is 9.80 Å². The van der Waals surface area contributed by atoms with Crippen molar-refractivity contribution in [3.05, 3.63) is 46.6 Å². The Morgan fingerprint density at radius 2 is 1.95 bits per heavy atom. The van der Waals surface area contributed by atoms with Crippen molar-refractivity contribution in [2.75, 3.05) is 38.7 Å². The van der Waals surface area contributed by atoms with E-state index in [2.05, 4.69) is 0 Å². The third-order valence-electron chi connectivity index (χ3n) is 6.63. The molecule has 0 aromatic carbocycles. The van der Waals surface area contributed by atoms with E-state index in [0.717, 1.165) is 5.56 Å². The SMILES string of the molecule is CC(C)N(C)c1cc2c(c(CN(C)C(=O)OC(C)(C)C)n1)CN(N1C=CC3=C(C1)N(C(=O)O)CCO3)C2=O. The predicted octanol–water partition coefficient (Wildman–Crippen LogP) is 3.22. The van der Waals surface area contributed by atoms with Crippen LogP contribution in [0.5, 0.6) is 0 Å². The number of hydrogen-bond donors (Lipinski definition) is 1. The molecule has 0 aliphatic carbocycles. The zero-order valence-corrected chi connectivity index (χ0v) is 23.0. The van der Waals surface area contributed by atoms with Gasteiger partial charge >= 0.3 is 12.2 Å². The van der Waals surface area contributed by atoms with Crippen LogP contribution in [0.1, 0.15) is 56.2 Å². The van der Waals surface area contributed by atoms with E-state index in [1.807, 2.05) is 25.8 Å². The van der Waals surface area contributed by atoms with Crippen LogP contribution in [0.25, 0.3) is 0 Å². The first-order valence-corrected chi connectivity index (χ1v) is 12.6. The molecule has 1 N–H and O–H groups in total. The van der Waals surface area contributed by atoms with Gasteiger partial charge in [0.05, 0.1) is 43.1 Å². The maximum Gasteiger partial charge on any atom is 0.411 e. The molecule has 0 bridgehead atoms. The number of rotatable bonds is 5. The van der Waals surface area contributed by atoms with Gasteiger partial charge in [-0.1, -0.05) is 0 Å². The summed E-state index contributed by atoms with van der Waals surface area (Å²) in [6.07, 6.45) is 1.85. The number of ether oxygens (including phenoxy) is 2. The van der Waals surface area contributed by atoms with Crippen molar-refractivity contribution in [3.63, 3.8) is 0 Å². The van der Waals surface area contributed by atoms with Gasteiger partial charge in [-0.2, -0.15) is 0 Å². The highest BCUT2D eigenvalue weighted by atomic mass is 16.6. The van der Waals surface area contributed by atoms with Crippen LogP contribution in [0, 0.1) is 0 Å². The molecule has 0 atom stereocenters. The minimum atomic E-state index is -1.06. The van der Waals surface area contributed by atoms with E-state index in [9.17, 15) is 19.5 Å². The Morgan fingerprint density at radius 3 is 2.58 bits per heavy atom. The van der Waals surface area contributed by atoms with E-state index < -0.39 is 17.8 Å². The van der Waals surface area contributed by atoms with Gasteiger partial charge in [0.15, 0.2) is 0 Å². The Balaban J connectivity index is 1.64. The van der Waals surface area contributed by atoms with Crippen LogP contribution >= 0.6 is 0 Å². The predicted molar refractivity (Wildman–Crippen MR) is 139 cm³/mol. The van der Waals surface area contributed by atoms with Crippen LogP contribution in [0.4, 0.5) is 15.4 Å². The summed E-state index contributed by atoms with van der Waals surface area (Å²) in [7, 11) is 3.54. The number of hydrazine groups is 1. The molecule has 206 valence electrons. The lowest BCUT2D eigenvalue weighted by molar-refractivity contribution is 0.0146. The fourth-order valence-corrected chi connectivity index (χ4v) is 4.39. The second-order valence-corrected chi connectivity index (χ2v) is 10.9. The zero-order chi connectivity index (χ0) is 27.9. The van der Waals surface area contributed by atoms with Gasteiger partial charge in [0.1, 0.15) is 23.8 Å². The highest BCUT2D eigenvalue weighted by Gasteiger charge is 2.38. The van der Waals surface area contributed by atoms with Crippen LogP contribution in [0.2, 0.25) is 0 Å². The highest BCUT2D eigenvalue weighted by Crippen LogP contribution is 2.33. The molecular formula is C26H36N6O6. The van der Waals surface area contributed by atoms with Gasteiger partial charge in [-0.05, 0) is 46.8 Å². The quantitative estimate of drug-likeness (QED) is 0.614. The number of hydrogen-bond acceptors (Lipinski definition) is 8. The van der Waals surface area contributed by atoms with Crippen molar-refractivity contribution in [3.8, 4) is 0 Å². The molecule has 1 aromatic heterocycles. The first-order chi connectivity index (χ1) is 17.8. The monoisotopic (exact) mass is 528 g/mol. The average molecular weight is 529 g/mol. The Morgan fingerprint density at radius 1 is 1.24 bits per heavy atom. The summed E-state index contributed by atoms with van der Waals surface area (Å²) in [5.74, 6) is 0.883. The summed E-state index contributed by atoms with van der Waals surface area (Å²) < 4.78 is 11.1. The minimum absolute atomic E-state index is 0.133. The molecular weight excluding hydrogens is 492 g/mol. The number of nitrogens with zero attached hydrogens (tertiary/aromatic N) is 6. The summed E-state index contributed by atoms with van der Waals surface area (Å²) in [5, 5.41) is 12.9. The van der Waals surface area contributed by atoms with Crippen molar-refractivity contribution < 1.29 is 29.0 Å². The van der Waals surface area contributed by atoms with E-state index >= 15 is 0 Å². The molecule has 0 fully saturated rings. The molecule has 4 rings (SSSR count). The zero-order valence-electron chi connectivity index (χ0n) is 23.0. The maximum atomic E-state index is 13.7. The molecule has 1 aromatic rings. The Kier molecular flexibility index (Phi) is 7.18. The van der Waals surface area contributed by atoms with E-state index in [1.54, 1.807) is 56.2 Å². The molecule has 3 aliphatic rings. The van der Waals surface area contributed by atoms with Gasteiger partial charge in [0, 0.05) is 31.9 Å². The summed E-state index contributed by atoms with van der Waals surface area (Å²) in [6.45, 7) is 10.5. The maximum absolute atomic E-state index is 13.7. The van der Waals surface area contributed by atoms with Gasteiger partial charge in [0.25, 0.3) is 5.91 Å². The molecule has 3 aliphatic heterocycles. The standard InChI is InChI=1S/C26H36N6O6/c1-16(2)29(7)22-12-17-18(19(27-22)14-28(6)25(36)38-26(3,4)5)13-32(23(17)33)30-9-8-21-20(15-30)31(24(34)35)10-11-37-21/h8-9,12,16H,10-11,13-15H2,1-7H3,(H,34,35). The third kappa shape index (κ3) is 5.34. The van der Waals surface area contributed by atoms with Crippen molar-refractivity contribution >= 4 is 23.9 Å². The number of amides is 3. The van der Waals surface area contributed by atoms with E-state index in [0.29, 0.717) is 28.5 Å². The number of aromatic nitrogens is 1. The molecule has 4 heterocycles. The number of allylic oxidation sites excluding steroid dienone is 1. The lowest BCUT2D eigenvalue weighted by Gasteiger charge is -2.38. The van der Waals surface area contributed by atoms with E-state index in [4.69, 9.17) is 14.5 Å². The van der Waals surface area contributed by atoms with Crippen LogP contribution in [-0.4, -0.2) is 93.4 Å². The molecule has 0 radical (unpaired) electrons. The molecule has 0 saturated heterocycles. The lowest BCUT2D eigenvalue weighted by Crippen LogP contribution is -2.47. The number of anilines is 1. The Bertz CT molecular complexity index is 1200. The van der Waals surface area contributed by atoms with Crippen LogP contribution in [0.15, 0.2) is 29.8 Å². The number of carbonyl (C=O) groups is 3. The number of carbonyl (C=O) groups excluding carboxylic acids is 2. The van der Waals surface area contributed by atoms with Crippen LogP contribution in [0.3, 0.4) is 0 Å². The number of fused-ring (bicyclic) bond motifs is 1. The van der Waals surface area contributed by atoms with Crippen molar-refractivity contribution in [2.24, 2.45) is 0 Å². The summed E-state index contributed by atoms with van der Waals surface area (Å²) >= 11 is 0. The molecule has 38 heavy (non-hydrogen) atoms. The topological polar surface area (TPSA) is 119 Å². The Labute approximate surface area is 222 Å². The van der Waals surface area contributed by atoms with Crippen molar-refractivity contribution in [1.29, 1.82) is 0 Å². The first-order valence-electron chi connectivity index (χ1n) is 12.6. The first kappa shape index (κ1) is 27.1. The molecule has 0 saturated carbocycles. The third-order valence-corrected chi connectivity index (χ3v) is 6.63. The second-order valence-electron chi connectivity index (χ2n) is 10.9. The highest BCUT2D eigenvalue weighted by molar-refractivity contribution is 5.99. The number of pyridine rings is 1. The van der Waals surface area contributed by atoms with E-state index in [-0.39, 0.29) is 44.7 Å². The van der Waals surface area contributed by atoms with Gasteiger partial charge in [0.2, 0.25) is 0 Å². The van der Waals surface area contributed by atoms with Gasteiger partial charge in [-0.15, -0.1) is 0 Å². The van der Waals surface area contributed by atoms with Gasteiger partial charge in [-0.3, -0.25) is 14.7 Å². The largest absolute Gasteiger partial charge is 0.490 e. The van der Waals surface area contributed by atoms with Crippen molar-refractivity contribution in [2.45, 2.75) is 59.4 Å². The van der Waals surface area contributed by atoms with Crippen molar-refractivity contribution in [1.82, 2.24) is 24.8 Å². The van der Waals surface area contributed by atoms with Gasteiger partial charge in [-0.25, -0.2) is 19.6 Å². The molecule has 12 heteroatoms. The molecule has 12 nitrogen and oxygen atoms in total. The fourth-order valence-electron chi connectivity index (χ4n) is 4.39. The summed E-state index contributed by atoms with van der Waals surface area (Å²) in [6, 6.07) is 1.91. The average Bonchev–Trinajstić information content (AvgIpc) is 3.18. The summed E-state index contributed by atoms with van der Waals surface area (Å²) in [5.41, 5.74) is 1.66. The van der Waals surface area contributed by atoms with Crippen LogP contribution in [-0.2, 0) is 22.6 Å². The summed E-state index contributed by atoms with van der Waals surface area (Å²) in [4.78, 5) is 47.7. The molecule has 0 spiro atoms. The van der Waals surface area contributed by atoms with Gasteiger partial charge < -0.3 is 24.4 Å². The second kappa shape index (κ2) is 10.1. The number of carboxylic acid groups (broad SMARTS) is 1. The molecule has 0 unspecified atom stereocenters. The minimum Gasteiger partial charge on any atom is -0.490 e.